The average molecular weight is 852 g/mol. The van der Waals surface area contributed by atoms with Crippen molar-refractivity contribution < 1.29 is 0 Å². The number of fused-ring (bicyclic) bond motifs is 9. The predicted molar refractivity (Wildman–Crippen MR) is 282 cm³/mol. The first-order valence-corrected chi connectivity index (χ1v) is 24.1. The van der Waals surface area contributed by atoms with E-state index in [-0.39, 0.29) is 23.1 Å². The predicted octanol–water partition coefficient (Wildman–Crippen LogP) is 14.8. The summed E-state index contributed by atoms with van der Waals surface area (Å²) in [5, 5.41) is 4.93. The second-order valence-corrected chi connectivity index (χ2v) is 20.8. The lowest BCUT2D eigenvalue weighted by atomic mass is 9.33. The van der Waals surface area contributed by atoms with Crippen LogP contribution in [0.3, 0.4) is 0 Å². The van der Waals surface area contributed by atoms with Crippen LogP contribution in [0.1, 0.15) is 71.4 Å². The molecule has 0 radical (unpaired) electrons. The van der Waals surface area contributed by atoms with Crippen molar-refractivity contribution in [2.45, 2.75) is 76.7 Å². The zero-order chi connectivity index (χ0) is 44.5. The minimum Gasteiger partial charge on any atom is -0.335 e. The maximum atomic E-state index is 2.81. The molecule has 2 unspecified atom stereocenters. The van der Waals surface area contributed by atoms with Gasteiger partial charge < -0.3 is 14.7 Å². The second kappa shape index (κ2) is 14.2. The molecule has 1 aliphatic carbocycles. The lowest BCUT2D eigenvalue weighted by Crippen LogP contribution is -2.64. The van der Waals surface area contributed by atoms with Gasteiger partial charge in [-0.25, -0.2) is 0 Å². The molecule has 3 aliphatic heterocycles. The molecule has 0 N–H and O–H groups in total. The first kappa shape index (κ1) is 39.3. The Morgan fingerprint density at radius 1 is 0.530 bits per heavy atom. The third kappa shape index (κ3) is 5.45. The summed E-state index contributed by atoms with van der Waals surface area (Å²) in [5.74, 6) is 0. The van der Waals surface area contributed by atoms with Crippen LogP contribution in [0.25, 0.3) is 32.7 Å². The molecule has 320 valence electrons. The Kier molecular flexibility index (Phi) is 8.48. The molecule has 0 aromatic heterocycles. The summed E-state index contributed by atoms with van der Waals surface area (Å²) in [7, 11) is 0. The monoisotopic (exact) mass is 851 g/mol. The van der Waals surface area contributed by atoms with Gasteiger partial charge in [0.1, 0.15) is 0 Å². The summed E-state index contributed by atoms with van der Waals surface area (Å²) in [5.41, 5.74) is 19.4. The van der Waals surface area contributed by atoms with Crippen molar-refractivity contribution in [2.75, 3.05) is 14.7 Å². The molecule has 3 heterocycles. The fourth-order valence-electron chi connectivity index (χ4n) is 12.9. The molecule has 0 spiro atoms. The van der Waals surface area contributed by atoms with Crippen LogP contribution >= 0.6 is 0 Å². The zero-order valence-electron chi connectivity index (χ0n) is 38.6. The highest BCUT2D eigenvalue weighted by Gasteiger charge is 2.61. The maximum absolute atomic E-state index is 2.81. The van der Waals surface area contributed by atoms with Crippen LogP contribution in [0.5, 0.6) is 0 Å². The van der Waals surface area contributed by atoms with Gasteiger partial charge >= 0.3 is 0 Å². The number of para-hydroxylation sites is 2. The number of nitrogens with zero attached hydrogens (tertiary/aromatic N) is 3. The fraction of sp³-hybridized carbons (Fsp3) is 0.194. The Hall–Kier alpha value is -7.04. The van der Waals surface area contributed by atoms with Crippen molar-refractivity contribution in [1.82, 2.24) is 0 Å². The van der Waals surface area contributed by atoms with Crippen molar-refractivity contribution in [2.24, 2.45) is 0 Å². The lowest BCUT2D eigenvalue weighted by Gasteiger charge is -2.52. The quantitative estimate of drug-likeness (QED) is 0.160. The summed E-state index contributed by atoms with van der Waals surface area (Å²) < 4.78 is 0. The zero-order valence-corrected chi connectivity index (χ0v) is 38.6. The molecule has 13 rings (SSSR count). The number of hydrogen-bond acceptors (Lipinski definition) is 3. The third-order valence-electron chi connectivity index (χ3n) is 16.3. The summed E-state index contributed by atoms with van der Waals surface area (Å²) >= 11 is 0. The number of hydrogen-bond donors (Lipinski definition) is 0. The minimum absolute atomic E-state index is 0.00518. The highest BCUT2D eigenvalue weighted by atomic mass is 15.3. The third-order valence-corrected chi connectivity index (χ3v) is 16.3. The number of anilines is 8. The van der Waals surface area contributed by atoms with Crippen molar-refractivity contribution in [3.8, 4) is 11.1 Å². The number of benzene rings is 9. The highest BCUT2D eigenvalue weighted by Crippen LogP contribution is 2.61. The molecule has 4 aliphatic rings. The van der Waals surface area contributed by atoms with Crippen molar-refractivity contribution in [1.29, 1.82) is 0 Å². The van der Waals surface area contributed by atoms with E-state index in [9.17, 15) is 0 Å². The molecule has 66 heavy (non-hydrogen) atoms. The smallest absolute Gasteiger partial charge is 0.252 e. The van der Waals surface area contributed by atoms with Crippen LogP contribution in [0.2, 0.25) is 0 Å². The van der Waals surface area contributed by atoms with Gasteiger partial charge in [0.05, 0.1) is 16.9 Å². The average Bonchev–Trinajstić information content (AvgIpc) is 3.56. The van der Waals surface area contributed by atoms with Gasteiger partial charge in [-0.1, -0.05) is 174 Å². The van der Waals surface area contributed by atoms with Gasteiger partial charge in [0.15, 0.2) is 0 Å². The van der Waals surface area contributed by atoms with E-state index in [0.717, 1.165) is 17.1 Å². The topological polar surface area (TPSA) is 9.72 Å². The second-order valence-electron chi connectivity index (χ2n) is 20.8. The van der Waals surface area contributed by atoms with E-state index >= 15 is 0 Å². The summed E-state index contributed by atoms with van der Waals surface area (Å²) in [4.78, 5) is 7.93. The molecule has 0 bridgehead atoms. The molecule has 0 amide bonds. The van der Waals surface area contributed by atoms with Gasteiger partial charge in [0.2, 0.25) is 0 Å². The number of rotatable bonds is 5. The van der Waals surface area contributed by atoms with Gasteiger partial charge in [-0.2, -0.15) is 0 Å². The van der Waals surface area contributed by atoms with Crippen LogP contribution in [-0.4, -0.2) is 12.3 Å². The van der Waals surface area contributed by atoms with Gasteiger partial charge in [-0.15, -0.1) is 0 Å². The molecule has 9 aromatic carbocycles. The molecule has 1 saturated carbocycles. The van der Waals surface area contributed by atoms with E-state index in [4.69, 9.17) is 0 Å². The van der Waals surface area contributed by atoms with E-state index < -0.39 is 0 Å². The largest absolute Gasteiger partial charge is 0.335 e. The van der Waals surface area contributed by atoms with E-state index in [0.29, 0.717) is 0 Å². The summed E-state index contributed by atoms with van der Waals surface area (Å²) in [6, 6.07) is 71.3. The Balaban J connectivity index is 1.10. The highest BCUT2D eigenvalue weighted by molar-refractivity contribution is 7.00. The Labute approximate surface area is 390 Å². The summed E-state index contributed by atoms with van der Waals surface area (Å²) in [6.45, 7) is 12.2. The van der Waals surface area contributed by atoms with Crippen LogP contribution in [0, 0.1) is 0 Å². The van der Waals surface area contributed by atoms with Crippen LogP contribution < -0.4 is 31.1 Å². The lowest BCUT2D eigenvalue weighted by molar-refractivity contribution is 0.195. The molecule has 0 saturated heterocycles. The van der Waals surface area contributed by atoms with E-state index in [1.165, 1.54) is 114 Å². The molecule has 2 atom stereocenters. The van der Waals surface area contributed by atoms with E-state index in [1.54, 1.807) is 0 Å². The van der Waals surface area contributed by atoms with E-state index in [1.807, 2.05) is 0 Å². The fourth-order valence-corrected chi connectivity index (χ4v) is 12.9. The Bertz CT molecular complexity index is 3430. The van der Waals surface area contributed by atoms with Gasteiger partial charge in [0, 0.05) is 50.5 Å². The van der Waals surface area contributed by atoms with Crippen LogP contribution in [-0.2, 0) is 10.8 Å². The first-order chi connectivity index (χ1) is 32.1. The molecule has 3 nitrogen and oxygen atoms in total. The van der Waals surface area contributed by atoms with Gasteiger partial charge in [-0.3, -0.25) is 0 Å². The maximum Gasteiger partial charge on any atom is 0.252 e. The van der Waals surface area contributed by atoms with Crippen molar-refractivity contribution >= 4 is 90.1 Å². The molecule has 1 fully saturated rings. The standard InChI is InChI=1S/C62H54BN3/c1-60(2,3)43-33-36-54(49(39-43)48-27-15-21-41-19-9-11-25-46(41)48)65(53-30-16-22-42-20-10-12-26-47(42)53)45-34-35-51-57(40-45)64(44-23-7-6-8-24-44)55-31-18-32-56-58(55)63(51)52-29-17-28-50-59(52)66(56)62(5)38-14-13-37-61(50,62)4/h6-12,15-36,39-40H,13-14,37-38H2,1-5H3. The Morgan fingerprint density at radius 2 is 1.21 bits per heavy atom. The SMILES string of the molecule is CC(C)(C)c1ccc(N(c2ccc3c(c2)N(c2ccccc2)c2cccc4c2B3c2cccc3c2N4C2(C)CCCCC32C)c2cccc3ccccc23)c(-c2cccc3ccccc23)c1. The minimum atomic E-state index is -0.0454. The Morgan fingerprint density at radius 3 is 2.03 bits per heavy atom. The summed E-state index contributed by atoms with van der Waals surface area (Å²) in [6.07, 6.45) is 4.95. The van der Waals surface area contributed by atoms with E-state index in [2.05, 4.69) is 237 Å². The molecular weight excluding hydrogens is 798 g/mol. The first-order valence-electron chi connectivity index (χ1n) is 24.1. The normalized spacial score (nSPS) is 19.1. The van der Waals surface area contributed by atoms with Crippen molar-refractivity contribution in [3.63, 3.8) is 0 Å². The molecular formula is C62H54BN3. The van der Waals surface area contributed by atoms with Crippen LogP contribution in [0.15, 0.2) is 188 Å². The van der Waals surface area contributed by atoms with Crippen LogP contribution in [0.4, 0.5) is 45.5 Å². The molecule has 4 heteroatoms. The molecule has 9 aromatic rings. The van der Waals surface area contributed by atoms with Crippen molar-refractivity contribution in [3.05, 3.63) is 199 Å². The van der Waals surface area contributed by atoms with Gasteiger partial charge in [-0.05, 0) is 129 Å². The van der Waals surface area contributed by atoms with Gasteiger partial charge in [0.25, 0.3) is 6.71 Å².